The van der Waals surface area contributed by atoms with Gasteiger partial charge in [-0.15, -0.1) is 0 Å². The number of phenolic OH excluding ortho intramolecular Hbond substituents is 1. The summed E-state index contributed by atoms with van der Waals surface area (Å²) >= 11 is 0.997. The monoisotopic (exact) mass is 504 g/mol. The Morgan fingerprint density at radius 3 is 2.50 bits per heavy atom. The number of phenols is 1. The number of ether oxygens (including phenoxy) is 1. The first kappa shape index (κ1) is 23.3. The third kappa shape index (κ3) is 3.62. The maximum Gasteiger partial charge on any atom is 0.296 e. The number of aliphatic hydroxyl groups is 1. The fourth-order valence-electron chi connectivity index (χ4n) is 4.26. The number of aliphatic hydroxyl groups excluding tert-OH is 1. The summed E-state index contributed by atoms with van der Waals surface area (Å²) in [5, 5.41) is 21.5. The van der Waals surface area contributed by atoms with Gasteiger partial charge in [-0.25, -0.2) is 4.98 Å². The molecule has 1 atom stereocenters. The van der Waals surface area contributed by atoms with Gasteiger partial charge >= 0.3 is 0 Å². The molecule has 2 aromatic heterocycles. The number of para-hydroxylation sites is 1. The number of rotatable bonds is 6. The molecule has 10 heteroatoms. The van der Waals surface area contributed by atoms with E-state index in [-0.39, 0.29) is 28.0 Å². The van der Waals surface area contributed by atoms with E-state index in [1.54, 1.807) is 37.3 Å². The molecule has 0 aliphatic carbocycles. The van der Waals surface area contributed by atoms with Crippen molar-refractivity contribution in [1.29, 1.82) is 0 Å². The van der Waals surface area contributed by atoms with Crippen molar-refractivity contribution in [3.63, 3.8) is 0 Å². The Bertz CT molecular complexity index is 1580. The van der Waals surface area contributed by atoms with E-state index >= 15 is 0 Å². The summed E-state index contributed by atoms with van der Waals surface area (Å²) in [6.07, 6.45) is 0. The molecule has 1 unspecified atom stereocenters. The second kappa shape index (κ2) is 8.65. The summed E-state index contributed by atoms with van der Waals surface area (Å²) in [4.78, 5) is 45.0. The average molecular weight is 505 g/mol. The Morgan fingerprint density at radius 2 is 1.86 bits per heavy atom. The first-order valence-corrected chi connectivity index (χ1v) is 11.7. The number of Topliss-reactive ketones (excluding diaryl/α,β-unsaturated/α-hetero) is 2. The van der Waals surface area contributed by atoms with Gasteiger partial charge in [-0.3, -0.25) is 19.3 Å². The summed E-state index contributed by atoms with van der Waals surface area (Å²) in [6, 6.07) is 11.5. The highest BCUT2D eigenvalue weighted by atomic mass is 32.1. The van der Waals surface area contributed by atoms with Crippen LogP contribution in [0.3, 0.4) is 0 Å². The number of ketones is 2. The number of amides is 1. The minimum Gasteiger partial charge on any atom is -0.508 e. The summed E-state index contributed by atoms with van der Waals surface area (Å²) in [7, 11) is 1.48. The Balaban J connectivity index is 1.66. The molecule has 0 bridgehead atoms. The number of carbonyl (C=O) groups excluding carboxylic acids is 3. The van der Waals surface area contributed by atoms with Crippen LogP contribution in [0.15, 0.2) is 64.3 Å². The zero-order valence-electron chi connectivity index (χ0n) is 19.4. The lowest BCUT2D eigenvalue weighted by atomic mass is 9.95. The maximum absolute atomic E-state index is 13.7. The summed E-state index contributed by atoms with van der Waals surface area (Å²) in [5.41, 5.74) is 1.02. The first-order chi connectivity index (χ1) is 17.2. The Labute approximate surface area is 208 Å². The van der Waals surface area contributed by atoms with Crippen molar-refractivity contribution in [2.75, 3.05) is 12.0 Å². The Morgan fingerprint density at radius 1 is 1.14 bits per heavy atom. The number of fused-ring (bicyclic) bond motifs is 1. The smallest absolute Gasteiger partial charge is 0.296 e. The van der Waals surface area contributed by atoms with Crippen molar-refractivity contribution in [3.8, 4) is 11.5 Å². The molecule has 4 aromatic rings. The van der Waals surface area contributed by atoms with Crippen LogP contribution in [-0.2, 0) is 4.79 Å². The summed E-state index contributed by atoms with van der Waals surface area (Å²) in [6.45, 7) is 3.04. The van der Waals surface area contributed by atoms with E-state index in [1.165, 1.54) is 37.1 Å². The lowest BCUT2D eigenvalue weighted by Crippen LogP contribution is -2.31. The van der Waals surface area contributed by atoms with Crippen LogP contribution in [0.4, 0.5) is 5.13 Å². The first-order valence-electron chi connectivity index (χ1n) is 10.9. The van der Waals surface area contributed by atoms with Gasteiger partial charge in [0.2, 0.25) is 5.78 Å². The molecule has 36 heavy (non-hydrogen) atoms. The van der Waals surface area contributed by atoms with Gasteiger partial charge in [0.05, 0.1) is 29.3 Å². The molecule has 0 fully saturated rings. The van der Waals surface area contributed by atoms with Crippen molar-refractivity contribution < 1.29 is 33.8 Å². The molecule has 2 N–H and O–H groups in total. The molecule has 182 valence electrons. The van der Waals surface area contributed by atoms with Crippen LogP contribution in [0.2, 0.25) is 0 Å². The van der Waals surface area contributed by atoms with Gasteiger partial charge in [0.15, 0.2) is 33.8 Å². The van der Waals surface area contributed by atoms with E-state index in [4.69, 9.17) is 9.15 Å². The van der Waals surface area contributed by atoms with E-state index < -0.39 is 23.5 Å². The fourth-order valence-corrected chi connectivity index (χ4v) is 5.25. The zero-order valence-corrected chi connectivity index (χ0v) is 20.3. The van der Waals surface area contributed by atoms with Gasteiger partial charge in [0.1, 0.15) is 5.75 Å². The lowest BCUT2D eigenvalue weighted by Gasteiger charge is -2.24. The Kier molecular flexibility index (Phi) is 5.60. The van der Waals surface area contributed by atoms with E-state index in [0.717, 1.165) is 11.3 Å². The molecular weight excluding hydrogens is 484 g/mol. The number of hydrogen-bond donors (Lipinski definition) is 2. The molecular formula is C26H20N2O7S. The van der Waals surface area contributed by atoms with Crippen LogP contribution < -0.4 is 9.64 Å². The van der Waals surface area contributed by atoms with Crippen LogP contribution in [-0.4, -0.2) is 39.8 Å². The number of aryl methyl sites for hydroxylation is 1. The topological polar surface area (TPSA) is 130 Å². The van der Waals surface area contributed by atoms with Crippen molar-refractivity contribution >= 4 is 44.9 Å². The van der Waals surface area contributed by atoms with Crippen LogP contribution >= 0.6 is 11.3 Å². The van der Waals surface area contributed by atoms with Crippen LogP contribution in [0.1, 0.15) is 44.4 Å². The van der Waals surface area contributed by atoms with Crippen molar-refractivity contribution in [2.45, 2.75) is 19.9 Å². The van der Waals surface area contributed by atoms with Crippen LogP contribution in [0.5, 0.6) is 11.5 Å². The highest BCUT2D eigenvalue weighted by molar-refractivity contribution is 7.17. The minimum atomic E-state index is -1.08. The highest BCUT2D eigenvalue weighted by Crippen LogP contribution is 2.44. The maximum atomic E-state index is 13.7. The van der Waals surface area contributed by atoms with Gasteiger partial charge in [-0.05, 0) is 36.8 Å². The summed E-state index contributed by atoms with van der Waals surface area (Å²) in [5.74, 6) is -2.16. The number of methoxy groups -OCH3 is 1. The molecule has 0 radical (unpaired) electrons. The van der Waals surface area contributed by atoms with E-state index in [1.807, 2.05) is 0 Å². The van der Waals surface area contributed by atoms with E-state index in [0.29, 0.717) is 32.9 Å². The number of benzene rings is 2. The molecule has 5 rings (SSSR count). The van der Waals surface area contributed by atoms with Crippen molar-refractivity contribution in [1.82, 2.24) is 4.98 Å². The number of hydrogen-bond acceptors (Lipinski definition) is 9. The fraction of sp³-hybridized carbons (Fsp3) is 0.154. The van der Waals surface area contributed by atoms with Crippen molar-refractivity contribution in [2.24, 2.45) is 0 Å². The third-order valence-corrected chi connectivity index (χ3v) is 7.18. The minimum absolute atomic E-state index is 0.0101. The molecule has 3 heterocycles. The van der Waals surface area contributed by atoms with Crippen molar-refractivity contribution in [3.05, 3.63) is 81.8 Å². The van der Waals surface area contributed by atoms with E-state index in [2.05, 4.69) is 4.98 Å². The number of thiazole rings is 1. The quantitative estimate of drug-likeness (QED) is 0.355. The van der Waals surface area contributed by atoms with Gasteiger partial charge < -0.3 is 19.4 Å². The molecule has 0 saturated heterocycles. The molecule has 1 amide bonds. The van der Waals surface area contributed by atoms with Crippen LogP contribution in [0.25, 0.3) is 11.0 Å². The SMILES string of the molecule is COc1cccc2cc(C(=O)C3=C(O)C(=O)N(c4nc(C)c(C(C)=O)s4)C3c3ccc(O)cc3)oc12. The molecule has 0 saturated carbocycles. The lowest BCUT2D eigenvalue weighted by molar-refractivity contribution is -0.117. The number of furan rings is 1. The zero-order chi connectivity index (χ0) is 25.7. The number of nitrogens with zero attached hydrogens (tertiary/aromatic N) is 2. The Hall–Kier alpha value is -4.44. The average Bonchev–Trinajstić information content (AvgIpc) is 3.53. The van der Waals surface area contributed by atoms with Crippen LogP contribution in [0, 0.1) is 6.92 Å². The molecule has 1 aliphatic rings. The molecule has 1 aliphatic heterocycles. The predicted octanol–water partition coefficient (Wildman–Crippen LogP) is 4.90. The molecule has 2 aromatic carbocycles. The number of aromatic hydroxyl groups is 1. The third-order valence-electron chi connectivity index (χ3n) is 5.92. The number of anilines is 1. The largest absolute Gasteiger partial charge is 0.508 e. The standard InChI is InChI=1S/C26H20N2O7S/c1-12-24(13(2)29)36-26(27-12)28-20(14-7-9-16(30)10-8-14)19(22(32)25(28)33)21(31)18-11-15-5-4-6-17(34-3)23(15)35-18/h4-11,20,30,32H,1-3H3. The van der Waals surface area contributed by atoms with Gasteiger partial charge in [0, 0.05) is 12.3 Å². The van der Waals surface area contributed by atoms with E-state index in [9.17, 15) is 24.6 Å². The highest BCUT2D eigenvalue weighted by Gasteiger charge is 2.46. The molecule has 0 spiro atoms. The summed E-state index contributed by atoms with van der Waals surface area (Å²) < 4.78 is 11.1. The van der Waals surface area contributed by atoms with Gasteiger partial charge in [-0.2, -0.15) is 0 Å². The number of carbonyl (C=O) groups is 3. The van der Waals surface area contributed by atoms with Gasteiger partial charge in [-0.1, -0.05) is 35.6 Å². The normalized spacial score (nSPS) is 15.7. The molecule has 9 nitrogen and oxygen atoms in total. The van der Waals surface area contributed by atoms with Gasteiger partial charge in [0.25, 0.3) is 5.91 Å². The second-order valence-electron chi connectivity index (χ2n) is 8.22. The second-order valence-corrected chi connectivity index (χ2v) is 9.19. The predicted molar refractivity (Wildman–Crippen MR) is 132 cm³/mol. The number of aromatic nitrogens is 1.